The van der Waals surface area contributed by atoms with Crippen molar-refractivity contribution in [2.75, 3.05) is 0 Å². The Balaban J connectivity index is 2.89. The van der Waals surface area contributed by atoms with Gasteiger partial charge in [-0.1, -0.05) is 11.6 Å². The predicted molar refractivity (Wildman–Crippen MR) is 50.4 cm³/mol. The number of hydrogen-bond acceptors (Lipinski definition) is 1. The molecule has 1 aromatic heterocycles. The van der Waals surface area contributed by atoms with E-state index in [1.165, 1.54) is 6.07 Å². The molecule has 0 spiro atoms. The van der Waals surface area contributed by atoms with Crippen molar-refractivity contribution in [3.63, 3.8) is 0 Å². The fraction of sp³-hybridized carbons (Fsp3) is 0.222. The normalized spacial score (nSPS) is 11.1. The van der Waals surface area contributed by atoms with Crippen LogP contribution in [0.5, 0.6) is 0 Å². The molecule has 0 radical (unpaired) electrons. The zero-order valence-electron chi connectivity index (χ0n) is 7.31. The number of aromatic nitrogens is 2. The number of benzene rings is 1. The summed E-state index contributed by atoms with van der Waals surface area (Å²) in [6.45, 7) is 1.92. The third-order valence-corrected chi connectivity index (χ3v) is 2.46. The molecule has 0 aliphatic heterocycles. The maximum Gasteiger partial charge on any atom is 0.144 e. The van der Waals surface area contributed by atoms with Gasteiger partial charge in [-0.3, -0.25) is 4.68 Å². The first kappa shape index (κ1) is 8.51. The average Bonchev–Trinajstić information content (AvgIpc) is 2.32. The van der Waals surface area contributed by atoms with Gasteiger partial charge in [-0.15, -0.1) is 0 Å². The Bertz CT molecular complexity index is 476. The zero-order valence-corrected chi connectivity index (χ0v) is 8.06. The Morgan fingerprint density at radius 2 is 2.15 bits per heavy atom. The molecule has 2 aromatic rings. The van der Waals surface area contributed by atoms with Crippen LogP contribution in [-0.4, -0.2) is 9.78 Å². The van der Waals surface area contributed by atoms with Crippen LogP contribution in [0.25, 0.3) is 10.9 Å². The molecule has 68 valence electrons. The van der Waals surface area contributed by atoms with Crippen molar-refractivity contribution in [3.05, 3.63) is 28.7 Å². The molecule has 1 aromatic carbocycles. The van der Waals surface area contributed by atoms with Crippen LogP contribution >= 0.6 is 11.6 Å². The molecule has 13 heavy (non-hydrogen) atoms. The highest BCUT2D eigenvalue weighted by atomic mass is 35.5. The number of hydrogen-bond donors (Lipinski definition) is 0. The minimum Gasteiger partial charge on any atom is -0.272 e. The fourth-order valence-corrected chi connectivity index (χ4v) is 1.48. The summed E-state index contributed by atoms with van der Waals surface area (Å²) in [5.41, 5.74) is 1.62. The standard InChI is InChI=1S/C9H8ClFN2/c1-5-6-3-7(10)8(11)4-9(6)12-13(5)2/h3-4H,1-2H3. The van der Waals surface area contributed by atoms with E-state index in [4.69, 9.17) is 11.6 Å². The molecule has 2 rings (SSSR count). The topological polar surface area (TPSA) is 17.8 Å². The van der Waals surface area contributed by atoms with E-state index in [2.05, 4.69) is 5.10 Å². The van der Waals surface area contributed by atoms with Crippen LogP contribution in [0.4, 0.5) is 4.39 Å². The Morgan fingerprint density at radius 3 is 2.85 bits per heavy atom. The van der Waals surface area contributed by atoms with Gasteiger partial charge in [0.2, 0.25) is 0 Å². The maximum absolute atomic E-state index is 13.0. The number of fused-ring (bicyclic) bond motifs is 1. The third-order valence-electron chi connectivity index (χ3n) is 2.17. The summed E-state index contributed by atoms with van der Waals surface area (Å²) < 4.78 is 14.7. The van der Waals surface area contributed by atoms with E-state index in [-0.39, 0.29) is 5.02 Å². The minimum absolute atomic E-state index is 0.142. The quantitative estimate of drug-likeness (QED) is 0.637. The first-order valence-electron chi connectivity index (χ1n) is 3.88. The molecule has 0 saturated heterocycles. The van der Waals surface area contributed by atoms with Crippen LogP contribution < -0.4 is 0 Å². The molecule has 0 N–H and O–H groups in total. The smallest absolute Gasteiger partial charge is 0.144 e. The minimum atomic E-state index is -0.424. The third kappa shape index (κ3) is 1.20. The van der Waals surface area contributed by atoms with Crippen molar-refractivity contribution < 1.29 is 4.39 Å². The Labute approximate surface area is 79.9 Å². The first-order valence-corrected chi connectivity index (χ1v) is 4.26. The lowest BCUT2D eigenvalue weighted by atomic mass is 10.2. The lowest BCUT2D eigenvalue weighted by molar-refractivity contribution is 0.629. The lowest BCUT2D eigenvalue weighted by Gasteiger charge is -1.94. The SMILES string of the molecule is Cc1c2cc(Cl)c(F)cc2nn1C. The molecule has 0 bridgehead atoms. The monoisotopic (exact) mass is 198 g/mol. The molecule has 2 nitrogen and oxygen atoms in total. The molecule has 1 heterocycles. The van der Waals surface area contributed by atoms with E-state index in [1.807, 2.05) is 14.0 Å². The fourth-order valence-electron chi connectivity index (χ4n) is 1.32. The van der Waals surface area contributed by atoms with Gasteiger partial charge in [0.05, 0.1) is 10.5 Å². The molecular weight excluding hydrogens is 191 g/mol. The summed E-state index contributed by atoms with van der Waals surface area (Å²) >= 11 is 5.66. The zero-order chi connectivity index (χ0) is 9.59. The lowest BCUT2D eigenvalue weighted by Crippen LogP contribution is -1.91. The van der Waals surface area contributed by atoms with E-state index < -0.39 is 5.82 Å². The highest BCUT2D eigenvalue weighted by Crippen LogP contribution is 2.24. The second-order valence-corrected chi connectivity index (χ2v) is 3.40. The van der Waals surface area contributed by atoms with Gasteiger partial charge in [0.25, 0.3) is 0 Å². The molecular formula is C9H8ClFN2. The van der Waals surface area contributed by atoms with Crippen molar-refractivity contribution in [1.29, 1.82) is 0 Å². The van der Waals surface area contributed by atoms with Gasteiger partial charge in [0.1, 0.15) is 5.82 Å². The predicted octanol–water partition coefficient (Wildman–Crippen LogP) is 2.67. The second-order valence-electron chi connectivity index (χ2n) is 2.99. The molecule has 0 amide bonds. The molecule has 0 fully saturated rings. The molecule has 0 saturated carbocycles. The van der Waals surface area contributed by atoms with Gasteiger partial charge in [-0.2, -0.15) is 5.10 Å². The van der Waals surface area contributed by atoms with Crippen LogP contribution in [0.2, 0.25) is 5.02 Å². The molecule has 0 unspecified atom stereocenters. The molecule has 0 aliphatic rings. The van der Waals surface area contributed by atoms with Crippen LogP contribution in [0, 0.1) is 12.7 Å². The highest BCUT2D eigenvalue weighted by molar-refractivity contribution is 6.31. The molecule has 0 aliphatic carbocycles. The number of rotatable bonds is 0. The second kappa shape index (κ2) is 2.70. The summed E-state index contributed by atoms with van der Waals surface area (Å²) in [5.74, 6) is -0.424. The van der Waals surface area contributed by atoms with Gasteiger partial charge in [-0.05, 0) is 13.0 Å². The average molecular weight is 199 g/mol. The Morgan fingerprint density at radius 1 is 1.46 bits per heavy atom. The van der Waals surface area contributed by atoms with Gasteiger partial charge in [0.15, 0.2) is 0 Å². The summed E-state index contributed by atoms with van der Waals surface area (Å²) in [4.78, 5) is 0. The maximum atomic E-state index is 13.0. The number of halogens is 2. The van der Waals surface area contributed by atoms with Gasteiger partial charge < -0.3 is 0 Å². The summed E-state index contributed by atoms with van der Waals surface area (Å²) in [6, 6.07) is 2.96. The van der Waals surface area contributed by atoms with Crippen molar-refractivity contribution in [2.24, 2.45) is 7.05 Å². The van der Waals surface area contributed by atoms with Crippen LogP contribution in [0.1, 0.15) is 5.69 Å². The van der Waals surface area contributed by atoms with Crippen LogP contribution in [-0.2, 0) is 7.05 Å². The van der Waals surface area contributed by atoms with E-state index in [0.29, 0.717) is 5.52 Å². The van der Waals surface area contributed by atoms with Crippen molar-refractivity contribution >= 4 is 22.5 Å². The highest BCUT2D eigenvalue weighted by Gasteiger charge is 2.08. The van der Waals surface area contributed by atoms with Crippen LogP contribution in [0.15, 0.2) is 12.1 Å². The van der Waals surface area contributed by atoms with E-state index in [0.717, 1.165) is 11.1 Å². The molecule has 0 atom stereocenters. The number of nitrogens with zero attached hydrogens (tertiary/aromatic N) is 2. The van der Waals surface area contributed by atoms with Gasteiger partial charge in [0, 0.05) is 24.2 Å². The Hall–Kier alpha value is -1.09. The largest absolute Gasteiger partial charge is 0.272 e. The summed E-state index contributed by atoms with van der Waals surface area (Å²) in [6.07, 6.45) is 0. The van der Waals surface area contributed by atoms with E-state index >= 15 is 0 Å². The van der Waals surface area contributed by atoms with Gasteiger partial charge >= 0.3 is 0 Å². The summed E-state index contributed by atoms with van der Waals surface area (Å²) in [5, 5.41) is 5.17. The molecule has 4 heteroatoms. The van der Waals surface area contributed by atoms with Crippen LogP contribution in [0.3, 0.4) is 0 Å². The van der Waals surface area contributed by atoms with Crippen molar-refractivity contribution in [3.8, 4) is 0 Å². The van der Waals surface area contributed by atoms with E-state index in [9.17, 15) is 4.39 Å². The summed E-state index contributed by atoms with van der Waals surface area (Å²) in [7, 11) is 1.82. The van der Waals surface area contributed by atoms with E-state index in [1.54, 1.807) is 10.7 Å². The Kier molecular flexibility index (Phi) is 1.77. The first-order chi connectivity index (χ1) is 6.09. The van der Waals surface area contributed by atoms with Gasteiger partial charge in [-0.25, -0.2) is 4.39 Å². The van der Waals surface area contributed by atoms with Crippen molar-refractivity contribution in [2.45, 2.75) is 6.92 Å². The van der Waals surface area contributed by atoms with Crippen molar-refractivity contribution in [1.82, 2.24) is 9.78 Å². The number of aryl methyl sites for hydroxylation is 2.